The molecule has 2 aromatic carbocycles. The minimum atomic E-state index is -1.26. The Balaban J connectivity index is 1.82. The molecule has 1 saturated heterocycles. The molecule has 1 fully saturated rings. The van der Waals surface area contributed by atoms with Gasteiger partial charge in [0, 0.05) is 5.02 Å². The first-order valence-electron chi connectivity index (χ1n) is 9.10. The smallest absolute Gasteiger partial charge is 0.119 e. The lowest BCUT2D eigenvalue weighted by Crippen LogP contribution is -2.53. The van der Waals surface area contributed by atoms with Crippen molar-refractivity contribution in [3.8, 4) is 5.75 Å². The fourth-order valence-corrected chi connectivity index (χ4v) is 3.51. The zero-order valence-electron chi connectivity index (χ0n) is 15.4. The second-order valence-electron chi connectivity index (χ2n) is 6.84. The third-order valence-electron chi connectivity index (χ3n) is 4.88. The van der Waals surface area contributed by atoms with E-state index in [1.807, 2.05) is 37.3 Å². The predicted molar refractivity (Wildman–Crippen MR) is 103 cm³/mol. The molecule has 0 saturated carbocycles. The van der Waals surface area contributed by atoms with Crippen LogP contribution in [0.2, 0.25) is 5.02 Å². The number of aliphatic hydroxyl groups excluding tert-OH is 3. The third-order valence-corrected chi connectivity index (χ3v) is 5.25. The molecule has 0 bridgehead atoms. The molecule has 1 aliphatic heterocycles. The van der Waals surface area contributed by atoms with Gasteiger partial charge < -0.3 is 24.8 Å². The Kier molecular flexibility index (Phi) is 6.40. The molecule has 5 atom stereocenters. The summed E-state index contributed by atoms with van der Waals surface area (Å²) in [6.45, 7) is 4.23. The van der Waals surface area contributed by atoms with Gasteiger partial charge >= 0.3 is 0 Å². The van der Waals surface area contributed by atoms with Gasteiger partial charge in [0.2, 0.25) is 0 Å². The zero-order valence-corrected chi connectivity index (χ0v) is 16.1. The fourth-order valence-electron chi connectivity index (χ4n) is 3.32. The Morgan fingerprint density at radius 1 is 1.00 bits per heavy atom. The van der Waals surface area contributed by atoms with E-state index in [9.17, 15) is 15.3 Å². The second kappa shape index (κ2) is 8.59. The molecule has 5 nitrogen and oxygen atoms in total. The largest absolute Gasteiger partial charge is 0.494 e. The Bertz CT molecular complexity index is 764. The lowest BCUT2D eigenvalue weighted by atomic mass is 9.90. The highest BCUT2D eigenvalue weighted by atomic mass is 35.5. The molecular formula is C21H25ClO5. The van der Waals surface area contributed by atoms with E-state index in [0.29, 0.717) is 23.6 Å². The maximum Gasteiger partial charge on any atom is 0.119 e. The van der Waals surface area contributed by atoms with E-state index in [1.165, 1.54) is 0 Å². The Labute approximate surface area is 164 Å². The summed E-state index contributed by atoms with van der Waals surface area (Å²) in [6.07, 6.45) is -4.29. The highest BCUT2D eigenvalue weighted by molar-refractivity contribution is 6.31. The molecule has 146 valence electrons. The van der Waals surface area contributed by atoms with Crippen LogP contribution < -0.4 is 4.74 Å². The molecule has 1 heterocycles. The van der Waals surface area contributed by atoms with Gasteiger partial charge in [-0.15, -0.1) is 0 Å². The first-order valence-corrected chi connectivity index (χ1v) is 9.48. The van der Waals surface area contributed by atoms with Crippen LogP contribution in [0.25, 0.3) is 0 Å². The van der Waals surface area contributed by atoms with Crippen LogP contribution in [0, 0.1) is 0 Å². The minimum Gasteiger partial charge on any atom is -0.494 e. The number of benzene rings is 2. The molecule has 1 aliphatic rings. The highest BCUT2D eigenvalue weighted by Crippen LogP contribution is 2.34. The van der Waals surface area contributed by atoms with Crippen LogP contribution in [0.15, 0.2) is 42.5 Å². The van der Waals surface area contributed by atoms with Crippen molar-refractivity contribution in [1.82, 2.24) is 0 Å². The predicted octanol–water partition coefficient (Wildman–Crippen LogP) is 2.87. The van der Waals surface area contributed by atoms with Crippen molar-refractivity contribution >= 4 is 11.6 Å². The minimum absolute atomic E-state index is 0.585. The monoisotopic (exact) mass is 392 g/mol. The van der Waals surface area contributed by atoms with E-state index in [2.05, 4.69) is 0 Å². The molecule has 2 aromatic rings. The number of hydrogen-bond donors (Lipinski definition) is 3. The summed E-state index contributed by atoms with van der Waals surface area (Å²) in [7, 11) is 0. The van der Waals surface area contributed by atoms with Crippen LogP contribution in [0.5, 0.6) is 5.75 Å². The third kappa shape index (κ3) is 4.45. The van der Waals surface area contributed by atoms with Crippen molar-refractivity contribution in [2.45, 2.75) is 50.8 Å². The summed E-state index contributed by atoms with van der Waals surface area (Å²) in [6, 6.07) is 13.2. The lowest BCUT2D eigenvalue weighted by Gasteiger charge is -2.39. The molecule has 0 amide bonds. The average molecular weight is 393 g/mol. The van der Waals surface area contributed by atoms with Gasteiger partial charge in [0.05, 0.1) is 12.7 Å². The van der Waals surface area contributed by atoms with Crippen molar-refractivity contribution in [1.29, 1.82) is 0 Å². The topological polar surface area (TPSA) is 79.2 Å². The van der Waals surface area contributed by atoms with Gasteiger partial charge in [-0.05, 0) is 55.2 Å². The van der Waals surface area contributed by atoms with Crippen molar-refractivity contribution < 1.29 is 24.8 Å². The highest BCUT2D eigenvalue weighted by Gasteiger charge is 2.42. The van der Waals surface area contributed by atoms with E-state index in [4.69, 9.17) is 21.1 Å². The summed E-state index contributed by atoms with van der Waals surface area (Å²) in [5.41, 5.74) is 2.68. The van der Waals surface area contributed by atoms with Gasteiger partial charge in [-0.1, -0.05) is 35.9 Å². The van der Waals surface area contributed by atoms with E-state index in [0.717, 1.165) is 16.9 Å². The van der Waals surface area contributed by atoms with E-state index in [1.54, 1.807) is 19.1 Å². The molecular weight excluding hydrogens is 368 g/mol. The molecule has 6 heteroatoms. The van der Waals surface area contributed by atoms with Gasteiger partial charge in [0.1, 0.15) is 30.2 Å². The van der Waals surface area contributed by atoms with Gasteiger partial charge in [-0.25, -0.2) is 0 Å². The van der Waals surface area contributed by atoms with Crippen molar-refractivity contribution in [2.24, 2.45) is 0 Å². The molecule has 0 spiro atoms. The standard InChI is InChI=1S/C21H25ClO5/c1-3-26-16-7-4-13(5-8-16)10-15-11-14(6-9-17(15)22)21-20(25)19(24)18(23)12(2)27-21/h4-9,11-12,18-21,23-25H,3,10H2,1-2H3/t12?,18?,19?,20?,21-/m0/s1. The Hall–Kier alpha value is -1.63. The van der Waals surface area contributed by atoms with Crippen LogP contribution >= 0.6 is 11.6 Å². The van der Waals surface area contributed by atoms with Crippen molar-refractivity contribution in [3.05, 3.63) is 64.2 Å². The number of rotatable bonds is 5. The maximum absolute atomic E-state index is 10.3. The second-order valence-corrected chi connectivity index (χ2v) is 7.25. The maximum atomic E-state index is 10.3. The van der Waals surface area contributed by atoms with Gasteiger partial charge in [-0.2, -0.15) is 0 Å². The van der Waals surface area contributed by atoms with Gasteiger partial charge in [0.15, 0.2) is 0 Å². The normalized spacial score (nSPS) is 28.1. The summed E-state index contributed by atoms with van der Waals surface area (Å²) in [5, 5.41) is 30.9. The summed E-state index contributed by atoms with van der Waals surface area (Å²) < 4.78 is 11.2. The molecule has 0 radical (unpaired) electrons. The zero-order chi connectivity index (χ0) is 19.6. The molecule has 0 aliphatic carbocycles. The van der Waals surface area contributed by atoms with Crippen molar-refractivity contribution in [2.75, 3.05) is 6.61 Å². The molecule has 3 rings (SSSR count). The van der Waals surface area contributed by atoms with Crippen LogP contribution in [-0.4, -0.2) is 46.3 Å². The van der Waals surface area contributed by atoms with E-state index < -0.39 is 30.5 Å². The molecule has 3 N–H and O–H groups in total. The quantitative estimate of drug-likeness (QED) is 0.729. The Morgan fingerprint density at radius 3 is 2.37 bits per heavy atom. The van der Waals surface area contributed by atoms with Gasteiger partial charge in [-0.3, -0.25) is 0 Å². The Morgan fingerprint density at radius 2 is 1.70 bits per heavy atom. The van der Waals surface area contributed by atoms with Crippen LogP contribution in [0.4, 0.5) is 0 Å². The molecule has 0 aromatic heterocycles. The summed E-state index contributed by atoms with van der Waals surface area (Å²) in [4.78, 5) is 0. The first-order chi connectivity index (χ1) is 12.9. The number of halogens is 1. The van der Waals surface area contributed by atoms with Gasteiger partial charge in [0.25, 0.3) is 0 Å². The fraction of sp³-hybridized carbons (Fsp3) is 0.429. The summed E-state index contributed by atoms with van der Waals surface area (Å²) in [5.74, 6) is 0.821. The number of hydrogen-bond acceptors (Lipinski definition) is 5. The first kappa shape index (κ1) is 20.1. The van der Waals surface area contributed by atoms with E-state index >= 15 is 0 Å². The van der Waals surface area contributed by atoms with E-state index in [-0.39, 0.29) is 0 Å². The van der Waals surface area contributed by atoms with Crippen LogP contribution in [0.1, 0.15) is 36.6 Å². The van der Waals surface area contributed by atoms with Crippen LogP contribution in [0.3, 0.4) is 0 Å². The number of ether oxygens (including phenoxy) is 2. The SMILES string of the molecule is CCOc1ccc(Cc2cc([C@@H]3OC(C)C(O)C(O)C3O)ccc2Cl)cc1. The average Bonchev–Trinajstić information content (AvgIpc) is 2.66. The molecule has 4 unspecified atom stereocenters. The summed E-state index contributed by atoms with van der Waals surface area (Å²) >= 11 is 6.37. The van der Waals surface area contributed by atoms with Crippen molar-refractivity contribution in [3.63, 3.8) is 0 Å². The van der Waals surface area contributed by atoms with Crippen LogP contribution in [-0.2, 0) is 11.2 Å². The lowest BCUT2D eigenvalue weighted by molar-refractivity contribution is -0.219. The molecule has 27 heavy (non-hydrogen) atoms. The number of aliphatic hydroxyl groups is 3.